The van der Waals surface area contributed by atoms with Crippen molar-refractivity contribution in [3.05, 3.63) is 0 Å². The molecule has 7 heteroatoms. The highest BCUT2D eigenvalue weighted by molar-refractivity contribution is 5.80. The lowest BCUT2D eigenvalue weighted by atomic mass is 10.1. The van der Waals surface area contributed by atoms with E-state index in [1.807, 2.05) is 0 Å². The number of nitrogens with one attached hydrogen (secondary N) is 1. The molecule has 0 rings (SSSR count). The molecular weight excluding hydrogens is 208 g/mol. The Morgan fingerprint density at radius 3 is 2.60 bits per heavy atom. The van der Waals surface area contributed by atoms with Crippen molar-refractivity contribution in [3.63, 3.8) is 0 Å². The lowest BCUT2D eigenvalue weighted by molar-refractivity contribution is -0.0492. The van der Waals surface area contributed by atoms with E-state index in [0.717, 1.165) is 0 Å². The average molecular weight is 225 g/mol. The Kier molecular flexibility index (Phi) is 6.11. The van der Waals surface area contributed by atoms with Crippen LogP contribution in [0.25, 0.3) is 0 Å². The molecule has 0 aliphatic carbocycles. The third-order valence-electron chi connectivity index (χ3n) is 1.96. The van der Waals surface area contributed by atoms with Crippen molar-refractivity contribution in [2.24, 2.45) is 10.9 Å². The fourth-order valence-electron chi connectivity index (χ4n) is 1.00. The normalized spacial score (nSPS) is 15.3. The second-order valence-electron chi connectivity index (χ2n) is 3.30. The number of hydrogen-bond donors (Lipinski definition) is 4. The summed E-state index contributed by atoms with van der Waals surface area (Å²) in [4.78, 5) is 0. The van der Waals surface area contributed by atoms with Gasteiger partial charge in [0.1, 0.15) is 12.4 Å². The van der Waals surface area contributed by atoms with Crippen LogP contribution in [0.15, 0.2) is 5.16 Å². The van der Waals surface area contributed by atoms with E-state index in [1.165, 1.54) is 0 Å². The van der Waals surface area contributed by atoms with E-state index in [1.54, 1.807) is 6.92 Å². The summed E-state index contributed by atoms with van der Waals surface area (Å²) >= 11 is 0. The molecule has 0 fully saturated rings. The van der Waals surface area contributed by atoms with E-state index in [-0.39, 0.29) is 18.3 Å². The molecule has 1 unspecified atom stereocenters. The van der Waals surface area contributed by atoms with E-state index < -0.39 is 19.1 Å². The third kappa shape index (κ3) is 6.19. The number of oxime groups is 1. The Hall–Kier alpha value is -0.950. The second kappa shape index (κ2) is 6.52. The minimum atomic E-state index is -3.14. The van der Waals surface area contributed by atoms with Gasteiger partial charge in [-0.25, -0.2) is 8.78 Å². The van der Waals surface area contributed by atoms with Gasteiger partial charge >= 0.3 is 0 Å². The van der Waals surface area contributed by atoms with Gasteiger partial charge in [0.15, 0.2) is 0 Å². The van der Waals surface area contributed by atoms with E-state index in [4.69, 9.17) is 16.0 Å². The monoisotopic (exact) mass is 225 g/mol. The summed E-state index contributed by atoms with van der Waals surface area (Å²) in [6, 6.07) is -0.293. The molecule has 0 bridgehead atoms. The zero-order valence-corrected chi connectivity index (χ0v) is 8.58. The molecule has 0 spiro atoms. The maximum absolute atomic E-state index is 12.6. The van der Waals surface area contributed by atoms with Gasteiger partial charge in [-0.15, -0.1) is 0 Å². The standard InChI is InChI=1S/C8H17F2N3O2/c1-2-6(3-7(11)13-15)12-4-8(9,10)5-14/h6,12,14-15H,2-5H2,1H3,(H2,11,13). The van der Waals surface area contributed by atoms with Gasteiger partial charge in [0.2, 0.25) is 0 Å². The Bertz CT molecular complexity index is 212. The zero-order chi connectivity index (χ0) is 11.9. The molecule has 0 aliphatic rings. The van der Waals surface area contributed by atoms with Crippen LogP contribution in [-0.2, 0) is 0 Å². The summed E-state index contributed by atoms with van der Waals surface area (Å²) < 4.78 is 25.3. The molecule has 5 N–H and O–H groups in total. The molecule has 90 valence electrons. The summed E-state index contributed by atoms with van der Waals surface area (Å²) in [5.74, 6) is -3.15. The Morgan fingerprint density at radius 1 is 1.60 bits per heavy atom. The maximum atomic E-state index is 12.6. The van der Waals surface area contributed by atoms with Crippen molar-refractivity contribution in [2.75, 3.05) is 13.2 Å². The van der Waals surface area contributed by atoms with Gasteiger partial charge in [0.05, 0.1) is 6.54 Å². The molecule has 0 aromatic carbocycles. The van der Waals surface area contributed by atoms with Crippen molar-refractivity contribution in [1.29, 1.82) is 0 Å². The summed E-state index contributed by atoms with van der Waals surface area (Å²) in [5.41, 5.74) is 5.24. The fraction of sp³-hybridized carbons (Fsp3) is 0.875. The highest BCUT2D eigenvalue weighted by Gasteiger charge is 2.28. The van der Waals surface area contributed by atoms with Crippen LogP contribution in [0.2, 0.25) is 0 Å². The number of aliphatic hydroxyl groups is 1. The summed E-state index contributed by atoms with van der Waals surface area (Å²) in [6.07, 6.45) is 0.756. The summed E-state index contributed by atoms with van der Waals surface area (Å²) in [6.45, 7) is -0.0276. The molecule has 0 aromatic heterocycles. The minimum absolute atomic E-state index is 0.0123. The van der Waals surface area contributed by atoms with Crippen LogP contribution in [0, 0.1) is 0 Å². The van der Waals surface area contributed by atoms with Crippen molar-refractivity contribution >= 4 is 5.84 Å². The zero-order valence-electron chi connectivity index (χ0n) is 8.58. The number of hydrogen-bond acceptors (Lipinski definition) is 4. The van der Waals surface area contributed by atoms with Crippen LogP contribution < -0.4 is 11.1 Å². The Balaban J connectivity index is 4.01. The van der Waals surface area contributed by atoms with Crippen LogP contribution in [-0.4, -0.2) is 41.3 Å². The molecule has 0 heterocycles. The van der Waals surface area contributed by atoms with Crippen LogP contribution in [0.5, 0.6) is 0 Å². The quantitative estimate of drug-likeness (QED) is 0.214. The molecular formula is C8H17F2N3O2. The Morgan fingerprint density at radius 2 is 2.20 bits per heavy atom. The minimum Gasteiger partial charge on any atom is -0.409 e. The van der Waals surface area contributed by atoms with Crippen molar-refractivity contribution in [3.8, 4) is 0 Å². The first-order valence-electron chi connectivity index (χ1n) is 4.63. The molecule has 1 atom stereocenters. The number of halogens is 2. The highest BCUT2D eigenvalue weighted by atomic mass is 19.3. The van der Waals surface area contributed by atoms with Gasteiger partial charge in [0.25, 0.3) is 5.92 Å². The largest absolute Gasteiger partial charge is 0.409 e. The van der Waals surface area contributed by atoms with Gasteiger partial charge in [-0.2, -0.15) is 0 Å². The maximum Gasteiger partial charge on any atom is 0.282 e. The van der Waals surface area contributed by atoms with Crippen LogP contribution in [0.3, 0.4) is 0 Å². The molecule has 0 radical (unpaired) electrons. The number of nitrogens with zero attached hydrogens (tertiary/aromatic N) is 1. The Labute approximate surface area is 87.0 Å². The molecule has 0 saturated carbocycles. The topological polar surface area (TPSA) is 90.9 Å². The van der Waals surface area contributed by atoms with Gasteiger partial charge in [-0.1, -0.05) is 12.1 Å². The molecule has 0 aliphatic heterocycles. The SMILES string of the molecule is CCC(CC(N)=NO)NCC(F)(F)CO. The molecule has 15 heavy (non-hydrogen) atoms. The third-order valence-corrected chi connectivity index (χ3v) is 1.96. The number of amidine groups is 1. The number of rotatable bonds is 7. The lowest BCUT2D eigenvalue weighted by Gasteiger charge is -2.20. The van der Waals surface area contributed by atoms with Crippen molar-refractivity contribution < 1.29 is 19.1 Å². The van der Waals surface area contributed by atoms with Crippen LogP contribution in [0.4, 0.5) is 8.78 Å². The van der Waals surface area contributed by atoms with Crippen LogP contribution >= 0.6 is 0 Å². The number of nitrogens with two attached hydrogens (primary N) is 1. The first kappa shape index (κ1) is 14.1. The van der Waals surface area contributed by atoms with Gasteiger partial charge in [0, 0.05) is 12.5 Å². The molecule has 5 nitrogen and oxygen atoms in total. The average Bonchev–Trinajstić information content (AvgIpc) is 2.23. The van der Waals surface area contributed by atoms with E-state index in [2.05, 4.69) is 10.5 Å². The van der Waals surface area contributed by atoms with Crippen molar-refractivity contribution in [1.82, 2.24) is 5.32 Å². The first-order valence-corrected chi connectivity index (χ1v) is 4.63. The molecule has 0 saturated heterocycles. The van der Waals surface area contributed by atoms with Gasteiger partial charge < -0.3 is 21.4 Å². The predicted molar refractivity (Wildman–Crippen MR) is 52.1 cm³/mol. The lowest BCUT2D eigenvalue weighted by Crippen LogP contribution is -2.42. The van der Waals surface area contributed by atoms with E-state index in [9.17, 15) is 8.78 Å². The number of alkyl halides is 2. The van der Waals surface area contributed by atoms with E-state index in [0.29, 0.717) is 6.42 Å². The van der Waals surface area contributed by atoms with Crippen molar-refractivity contribution in [2.45, 2.75) is 31.7 Å². The van der Waals surface area contributed by atoms with Crippen LogP contribution in [0.1, 0.15) is 19.8 Å². The number of aliphatic hydroxyl groups excluding tert-OH is 1. The van der Waals surface area contributed by atoms with E-state index >= 15 is 0 Å². The van der Waals surface area contributed by atoms with Gasteiger partial charge in [-0.3, -0.25) is 0 Å². The van der Waals surface area contributed by atoms with Gasteiger partial charge in [-0.05, 0) is 6.42 Å². The molecule has 0 amide bonds. The smallest absolute Gasteiger partial charge is 0.282 e. The summed E-state index contributed by atoms with van der Waals surface area (Å²) in [5, 5.41) is 21.9. The second-order valence-corrected chi connectivity index (χ2v) is 3.30. The fourth-order valence-corrected chi connectivity index (χ4v) is 1.00. The summed E-state index contributed by atoms with van der Waals surface area (Å²) in [7, 11) is 0. The predicted octanol–water partition coefficient (Wildman–Crippen LogP) is 0.119. The molecule has 0 aromatic rings. The first-order chi connectivity index (χ1) is 6.95. The highest BCUT2D eigenvalue weighted by Crippen LogP contribution is 2.11.